The molecule has 0 aliphatic heterocycles. The van der Waals surface area contributed by atoms with Crippen molar-refractivity contribution in [2.24, 2.45) is 56.7 Å². The Labute approximate surface area is 249 Å². The molecule has 0 radical (unpaired) electrons. The van der Waals surface area contributed by atoms with Gasteiger partial charge in [-0.3, -0.25) is 9.59 Å². The molecule has 3 saturated carbocycles. The maximum atomic E-state index is 13.4. The molecule has 3 heteroatoms. The van der Waals surface area contributed by atoms with Crippen LogP contribution in [0, 0.1) is 56.7 Å². The molecule has 0 aromatic heterocycles. The Morgan fingerprint density at radius 3 is 2.29 bits per heavy atom. The van der Waals surface area contributed by atoms with Gasteiger partial charge in [0.15, 0.2) is 5.78 Å². The van der Waals surface area contributed by atoms with E-state index in [0.717, 1.165) is 36.3 Å². The van der Waals surface area contributed by atoms with Crippen LogP contribution in [-0.2, 0) is 9.59 Å². The van der Waals surface area contributed by atoms with Crippen LogP contribution in [0.4, 0.5) is 0 Å². The van der Waals surface area contributed by atoms with Gasteiger partial charge in [0.25, 0.3) is 0 Å². The zero-order chi connectivity index (χ0) is 29.8. The smallest absolute Gasteiger partial charge is 0.314 e. The normalized spacial score (nSPS) is 45.3. The topological polar surface area (TPSA) is 54.4 Å². The van der Waals surface area contributed by atoms with E-state index in [4.69, 9.17) is 0 Å². The fraction of sp³-hybridized carbons (Fsp3) is 0.789. The summed E-state index contributed by atoms with van der Waals surface area (Å²) < 4.78 is 0. The monoisotopic (exact) mass is 560 g/mol. The van der Waals surface area contributed by atoms with E-state index in [1.807, 2.05) is 0 Å². The van der Waals surface area contributed by atoms with Crippen LogP contribution in [-0.4, -0.2) is 16.9 Å². The van der Waals surface area contributed by atoms with Gasteiger partial charge >= 0.3 is 5.97 Å². The molecule has 6 aliphatic rings. The average Bonchev–Trinajstić information content (AvgIpc) is 3.22. The van der Waals surface area contributed by atoms with Gasteiger partial charge in [-0.05, 0) is 138 Å². The van der Waals surface area contributed by atoms with Gasteiger partial charge in [0.1, 0.15) is 0 Å². The molecule has 8 atom stereocenters. The number of rotatable bonds is 4. The standard InChI is InChI=1S/C38H56O3/c1-9-24-10-12-25(13-11-24)26-16-18-35(6)29(34(26,4)5)17-19-37(8)30(35)15-14-27-32-31(23(2)3)28(39)22-38(32,33(40)41)21-20-36(27,37)7/h12,16,23-24,27,29-30H,9-11,13-15,17-22H2,1-8H3,(H,40,41)/t24?,27-,29+,30-,35+,36-,37-,38-/m1/s1. The van der Waals surface area contributed by atoms with Crippen LogP contribution < -0.4 is 0 Å². The van der Waals surface area contributed by atoms with E-state index < -0.39 is 11.4 Å². The molecule has 0 heterocycles. The Bertz CT molecular complexity index is 1250. The summed E-state index contributed by atoms with van der Waals surface area (Å²) >= 11 is 0. The van der Waals surface area contributed by atoms with Crippen LogP contribution in [0.1, 0.15) is 132 Å². The number of hydrogen-bond acceptors (Lipinski definition) is 2. The molecule has 0 saturated heterocycles. The molecule has 0 spiro atoms. The lowest BCUT2D eigenvalue weighted by Crippen LogP contribution is -2.64. The fourth-order valence-corrected chi connectivity index (χ4v) is 12.5. The Hall–Kier alpha value is -1.64. The second-order valence-electron chi connectivity index (χ2n) is 16.9. The highest BCUT2D eigenvalue weighted by molar-refractivity contribution is 6.05. The number of Topliss-reactive ketones (excluding diaryl/α,β-unsaturated/α-hetero) is 1. The minimum Gasteiger partial charge on any atom is -0.481 e. The maximum Gasteiger partial charge on any atom is 0.314 e. The number of hydrogen-bond donors (Lipinski definition) is 1. The van der Waals surface area contributed by atoms with E-state index in [-0.39, 0.29) is 45.7 Å². The largest absolute Gasteiger partial charge is 0.481 e. The quantitative estimate of drug-likeness (QED) is 0.372. The van der Waals surface area contributed by atoms with E-state index in [9.17, 15) is 14.7 Å². The Balaban J connectivity index is 1.39. The third-order valence-electron chi connectivity index (χ3n) is 14.9. The van der Waals surface area contributed by atoms with Crippen LogP contribution in [0.3, 0.4) is 0 Å². The van der Waals surface area contributed by atoms with Crippen molar-refractivity contribution in [3.63, 3.8) is 0 Å². The highest BCUT2D eigenvalue weighted by Gasteiger charge is 2.70. The number of ketones is 1. The molecular weight excluding hydrogens is 504 g/mol. The van der Waals surface area contributed by atoms with E-state index >= 15 is 0 Å². The van der Waals surface area contributed by atoms with Crippen molar-refractivity contribution in [1.29, 1.82) is 0 Å². The molecule has 1 N–H and O–H groups in total. The van der Waals surface area contributed by atoms with Gasteiger partial charge < -0.3 is 5.11 Å². The van der Waals surface area contributed by atoms with E-state index in [2.05, 4.69) is 67.5 Å². The van der Waals surface area contributed by atoms with E-state index in [1.165, 1.54) is 44.9 Å². The van der Waals surface area contributed by atoms with Gasteiger partial charge in [-0.15, -0.1) is 0 Å². The van der Waals surface area contributed by atoms with Crippen LogP contribution >= 0.6 is 0 Å². The zero-order valence-corrected chi connectivity index (χ0v) is 27.3. The predicted octanol–water partition coefficient (Wildman–Crippen LogP) is 9.72. The Morgan fingerprint density at radius 2 is 1.68 bits per heavy atom. The van der Waals surface area contributed by atoms with Crippen molar-refractivity contribution in [3.8, 4) is 0 Å². The maximum absolute atomic E-state index is 13.4. The molecule has 6 rings (SSSR count). The van der Waals surface area contributed by atoms with Crippen LogP contribution in [0.5, 0.6) is 0 Å². The van der Waals surface area contributed by atoms with Crippen LogP contribution in [0.25, 0.3) is 0 Å². The summed E-state index contributed by atoms with van der Waals surface area (Å²) in [5, 5.41) is 10.6. The molecule has 0 aromatic rings. The summed E-state index contributed by atoms with van der Waals surface area (Å²) in [6.07, 6.45) is 18.0. The van der Waals surface area contributed by atoms with Crippen molar-refractivity contribution in [2.45, 2.75) is 132 Å². The fourth-order valence-electron chi connectivity index (χ4n) is 12.5. The second-order valence-corrected chi connectivity index (χ2v) is 16.9. The first kappa shape index (κ1) is 29.4. The number of allylic oxidation sites excluding steroid dienone is 5. The highest BCUT2D eigenvalue weighted by atomic mass is 16.4. The summed E-state index contributed by atoms with van der Waals surface area (Å²) in [5.41, 5.74) is 4.87. The van der Waals surface area contributed by atoms with Crippen LogP contribution in [0.15, 0.2) is 34.4 Å². The van der Waals surface area contributed by atoms with Gasteiger partial charge in [-0.1, -0.05) is 74.0 Å². The lowest BCUT2D eigenvalue weighted by atomic mass is 9.33. The Kier molecular flexibility index (Phi) is 6.77. The number of carboxylic acid groups (broad SMARTS) is 1. The first-order valence-corrected chi connectivity index (χ1v) is 17.1. The van der Waals surface area contributed by atoms with Crippen molar-refractivity contribution < 1.29 is 14.7 Å². The molecule has 0 aromatic carbocycles. The number of carbonyl (C=O) groups is 2. The summed E-state index contributed by atoms with van der Waals surface area (Å²) in [6.45, 7) is 19.4. The van der Waals surface area contributed by atoms with Crippen molar-refractivity contribution in [1.82, 2.24) is 0 Å². The lowest BCUT2D eigenvalue weighted by molar-refractivity contribution is -0.201. The minimum atomic E-state index is -0.958. The minimum absolute atomic E-state index is 0.0259. The first-order chi connectivity index (χ1) is 19.2. The molecule has 41 heavy (non-hydrogen) atoms. The first-order valence-electron chi connectivity index (χ1n) is 17.1. The molecular formula is C38H56O3. The van der Waals surface area contributed by atoms with Crippen LogP contribution in [0.2, 0.25) is 0 Å². The number of carbonyl (C=O) groups excluding carboxylic acids is 1. The highest BCUT2D eigenvalue weighted by Crippen LogP contribution is 2.76. The van der Waals surface area contributed by atoms with Gasteiger partial charge in [0, 0.05) is 6.42 Å². The van der Waals surface area contributed by atoms with E-state index in [1.54, 1.807) is 11.1 Å². The predicted molar refractivity (Wildman–Crippen MR) is 166 cm³/mol. The Morgan fingerprint density at radius 1 is 0.951 bits per heavy atom. The molecule has 0 amide bonds. The summed E-state index contributed by atoms with van der Waals surface area (Å²) in [7, 11) is 0. The summed E-state index contributed by atoms with van der Waals surface area (Å²) in [4.78, 5) is 26.3. The molecule has 226 valence electrons. The van der Waals surface area contributed by atoms with E-state index in [0.29, 0.717) is 18.3 Å². The van der Waals surface area contributed by atoms with Crippen molar-refractivity contribution in [2.75, 3.05) is 0 Å². The lowest BCUT2D eigenvalue weighted by Gasteiger charge is -2.71. The molecule has 1 unspecified atom stereocenters. The van der Waals surface area contributed by atoms with Gasteiger partial charge in [0.2, 0.25) is 0 Å². The summed E-state index contributed by atoms with van der Waals surface area (Å²) in [5.74, 6) is 1.80. The third-order valence-corrected chi connectivity index (χ3v) is 14.9. The van der Waals surface area contributed by atoms with Gasteiger partial charge in [-0.2, -0.15) is 0 Å². The number of carboxylic acids is 1. The molecule has 3 fully saturated rings. The number of fused-ring (bicyclic) bond motifs is 7. The molecule has 0 bridgehead atoms. The summed E-state index contributed by atoms with van der Waals surface area (Å²) in [6, 6.07) is 0. The molecule has 3 nitrogen and oxygen atoms in total. The van der Waals surface area contributed by atoms with Gasteiger partial charge in [0.05, 0.1) is 5.41 Å². The molecule has 6 aliphatic carbocycles. The second kappa shape index (κ2) is 9.43. The zero-order valence-electron chi connectivity index (χ0n) is 27.3. The van der Waals surface area contributed by atoms with Crippen molar-refractivity contribution in [3.05, 3.63) is 34.4 Å². The average molecular weight is 561 g/mol. The SMILES string of the molecule is CCC1CC=C(C2=CC[C@]3(C)[C@H]4CC[C@@H]5C6=C(C(C)C)C(=O)C[C@]6(C(=O)O)CC[C@@]5(C)[C@]4(C)CC[C@H]3C2(C)C)CC1. The number of aliphatic carboxylic acids is 1. The van der Waals surface area contributed by atoms with Gasteiger partial charge in [-0.25, -0.2) is 0 Å². The van der Waals surface area contributed by atoms with Crippen molar-refractivity contribution >= 4 is 11.8 Å². The third kappa shape index (κ3) is 3.75.